The van der Waals surface area contributed by atoms with Gasteiger partial charge in [-0.1, -0.05) is 30.3 Å². The molecule has 0 aliphatic carbocycles. The first-order valence-electron chi connectivity index (χ1n) is 6.07. The Morgan fingerprint density at radius 1 is 1.10 bits per heavy atom. The van der Waals surface area contributed by atoms with Crippen LogP contribution in [0.5, 0.6) is 11.5 Å². The lowest BCUT2D eigenvalue weighted by atomic mass is 10.2. The molecule has 0 amide bonds. The van der Waals surface area contributed by atoms with Gasteiger partial charge in [0.25, 0.3) is 0 Å². The first-order chi connectivity index (χ1) is 9.69. The van der Waals surface area contributed by atoms with Gasteiger partial charge in [0, 0.05) is 11.6 Å². The van der Waals surface area contributed by atoms with Crippen molar-refractivity contribution >= 4 is 12.0 Å². The first-order valence-corrected chi connectivity index (χ1v) is 6.07. The summed E-state index contributed by atoms with van der Waals surface area (Å²) in [5, 5.41) is 17.8. The monoisotopic (exact) mass is 270 g/mol. The molecule has 4 nitrogen and oxygen atoms in total. The van der Waals surface area contributed by atoms with Crippen molar-refractivity contribution in [2.45, 2.75) is 6.61 Å². The highest BCUT2D eigenvalue weighted by Gasteiger charge is 2.03. The standard InChI is InChI=1S/C16H14O4/c17-11-13-3-1-2-4-15(13)20-14-8-5-12(6-9-14)7-10-16(18)19/h1-10,17H,11H2,(H,18,19). The Bertz CT molecular complexity index is 615. The summed E-state index contributed by atoms with van der Waals surface area (Å²) in [6.45, 7) is -0.0877. The second kappa shape index (κ2) is 6.54. The van der Waals surface area contributed by atoms with E-state index in [2.05, 4.69) is 0 Å². The van der Waals surface area contributed by atoms with E-state index in [-0.39, 0.29) is 6.61 Å². The van der Waals surface area contributed by atoms with Gasteiger partial charge in [0.15, 0.2) is 0 Å². The zero-order valence-corrected chi connectivity index (χ0v) is 10.7. The number of carboxylic acid groups (broad SMARTS) is 1. The average molecular weight is 270 g/mol. The van der Waals surface area contributed by atoms with Crippen molar-refractivity contribution in [1.82, 2.24) is 0 Å². The molecule has 0 aliphatic rings. The molecule has 0 unspecified atom stereocenters. The van der Waals surface area contributed by atoms with E-state index in [1.54, 1.807) is 36.4 Å². The van der Waals surface area contributed by atoms with Gasteiger partial charge in [-0.05, 0) is 29.8 Å². The van der Waals surface area contributed by atoms with E-state index >= 15 is 0 Å². The minimum absolute atomic E-state index is 0.0877. The zero-order chi connectivity index (χ0) is 14.4. The van der Waals surface area contributed by atoms with Crippen molar-refractivity contribution in [1.29, 1.82) is 0 Å². The Morgan fingerprint density at radius 2 is 1.80 bits per heavy atom. The second-order valence-corrected chi connectivity index (χ2v) is 4.11. The van der Waals surface area contributed by atoms with Crippen LogP contribution < -0.4 is 4.74 Å². The smallest absolute Gasteiger partial charge is 0.328 e. The Labute approximate surface area is 116 Å². The van der Waals surface area contributed by atoms with Gasteiger partial charge in [-0.2, -0.15) is 0 Å². The molecule has 0 aliphatic heterocycles. The summed E-state index contributed by atoms with van der Waals surface area (Å²) in [4.78, 5) is 10.4. The van der Waals surface area contributed by atoms with Crippen LogP contribution in [0.1, 0.15) is 11.1 Å². The quantitative estimate of drug-likeness (QED) is 0.819. The Hall–Kier alpha value is -2.59. The van der Waals surface area contributed by atoms with Gasteiger partial charge >= 0.3 is 5.97 Å². The predicted molar refractivity (Wildman–Crippen MR) is 75.6 cm³/mol. The molecule has 0 heterocycles. The number of aliphatic hydroxyl groups excluding tert-OH is 1. The number of carbonyl (C=O) groups is 1. The zero-order valence-electron chi connectivity index (χ0n) is 10.7. The van der Waals surface area contributed by atoms with Crippen LogP contribution in [-0.2, 0) is 11.4 Å². The number of ether oxygens (including phenoxy) is 1. The maximum absolute atomic E-state index is 10.4. The van der Waals surface area contributed by atoms with Crippen LogP contribution in [0.4, 0.5) is 0 Å². The molecule has 0 spiro atoms. The third kappa shape index (κ3) is 3.70. The summed E-state index contributed by atoms with van der Waals surface area (Å²) in [5.74, 6) is 0.240. The van der Waals surface area contributed by atoms with E-state index < -0.39 is 5.97 Å². The predicted octanol–water partition coefficient (Wildman–Crippen LogP) is 3.07. The fourth-order valence-electron chi connectivity index (χ4n) is 1.68. The fourth-order valence-corrected chi connectivity index (χ4v) is 1.68. The van der Waals surface area contributed by atoms with Gasteiger partial charge < -0.3 is 14.9 Å². The van der Waals surface area contributed by atoms with Crippen LogP contribution >= 0.6 is 0 Å². The number of carboxylic acids is 1. The number of para-hydroxylation sites is 1. The number of aliphatic carboxylic acids is 1. The molecular weight excluding hydrogens is 256 g/mol. The van der Waals surface area contributed by atoms with Gasteiger partial charge in [-0.15, -0.1) is 0 Å². The normalized spacial score (nSPS) is 10.7. The number of aliphatic hydroxyl groups is 1. The van der Waals surface area contributed by atoms with Crippen LogP contribution in [0.3, 0.4) is 0 Å². The molecule has 2 aromatic carbocycles. The molecule has 20 heavy (non-hydrogen) atoms. The number of hydrogen-bond acceptors (Lipinski definition) is 3. The number of benzene rings is 2. The average Bonchev–Trinajstić information content (AvgIpc) is 2.47. The third-order valence-electron chi connectivity index (χ3n) is 2.67. The van der Waals surface area contributed by atoms with E-state index in [1.807, 2.05) is 12.1 Å². The summed E-state index contributed by atoms with van der Waals surface area (Å²) >= 11 is 0. The molecule has 2 N–H and O–H groups in total. The van der Waals surface area contributed by atoms with Crippen molar-refractivity contribution < 1.29 is 19.7 Å². The summed E-state index contributed by atoms with van der Waals surface area (Å²) in [7, 11) is 0. The van der Waals surface area contributed by atoms with Crippen molar-refractivity contribution in [2.75, 3.05) is 0 Å². The second-order valence-electron chi connectivity index (χ2n) is 4.11. The molecule has 0 aromatic heterocycles. The van der Waals surface area contributed by atoms with Gasteiger partial charge in [0.2, 0.25) is 0 Å². The van der Waals surface area contributed by atoms with Gasteiger partial charge in [-0.25, -0.2) is 4.79 Å². The Balaban J connectivity index is 2.13. The van der Waals surface area contributed by atoms with Crippen molar-refractivity contribution in [3.63, 3.8) is 0 Å². The van der Waals surface area contributed by atoms with Crippen molar-refractivity contribution in [3.05, 3.63) is 65.7 Å². The van der Waals surface area contributed by atoms with Gasteiger partial charge in [0.05, 0.1) is 6.61 Å². The van der Waals surface area contributed by atoms with Crippen molar-refractivity contribution in [3.8, 4) is 11.5 Å². The summed E-state index contributed by atoms with van der Waals surface area (Å²) in [6, 6.07) is 14.2. The largest absolute Gasteiger partial charge is 0.478 e. The van der Waals surface area contributed by atoms with Crippen LogP contribution in [0.25, 0.3) is 6.08 Å². The topological polar surface area (TPSA) is 66.8 Å². The first kappa shape index (κ1) is 13.8. The molecule has 0 radical (unpaired) electrons. The molecule has 0 bridgehead atoms. The maximum atomic E-state index is 10.4. The molecule has 0 saturated carbocycles. The van der Waals surface area contributed by atoms with Crippen LogP contribution in [-0.4, -0.2) is 16.2 Å². The highest BCUT2D eigenvalue weighted by Crippen LogP contribution is 2.25. The van der Waals surface area contributed by atoms with Crippen LogP contribution in [0, 0.1) is 0 Å². The lowest BCUT2D eigenvalue weighted by Gasteiger charge is -2.09. The highest BCUT2D eigenvalue weighted by molar-refractivity contribution is 5.85. The minimum Gasteiger partial charge on any atom is -0.478 e. The minimum atomic E-state index is -0.984. The molecule has 4 heteroatoms. The summed E-state index contributed by atoms with van der Waals surface area (Å²) < 4.78 is 5.68. The molecule has 0 fully saturated rings. The van der Waals surface area contributed by atoms with Gasteiger partial charge in [0.1, 0.15) is 11.5 Å². The summed E-state index contributed by atoms with van der Waals surface area (Å²) in [5.41, 5.74) is 1.48. The number of rotatable bonds is 5. The van der Waals surface area contributed by atoms with E-state index in [9.17, 15) is 9.90 Å². The Morgan fingerprint density at radius 3 is 2.45 bits per heavy atom. The molecule has 2 rings (SSSR count). The lowest BCUT2D eigenvalue weighted by molar-refractivity contribution is -0.131. The lowest BCUT2D eigenvalue weighted by Crippen LogP contribution is -1.91. The molecule has 0 saturated heterocycles. The van der Waals surface area contributed by atoms with Crippen LogP contribution in [0.2, 0.25) is 0 Å². The third-order valence-corrected chi connectivity index (χ3v) is 2.67. The van der Waals surface area contributed by atoms with Crippen molar-refractivity contribution in [2.24, 2.45) is 0 Å². The van der Waals surface area contributed by atoms with Gasteiger partial charge in [-0.3, -0.25) is 0 Å². The molecule has 2 aromatic rings. The molecule has 0 atom stereocenters. The Kier molecular flexibility index (Phi) is 4.52. The van der Waals surface area contributed by atoms with E-state index in [1.165, 1.54) is 6.08 Å². The SMILES string of the molecule is O=C(O)C=Cc1ccc(Oc2ccccc2CO)cc1. The molecule has 102 valence electrons. The van der Waals surface area contributed by atoms with E-state index in [0.717, 1.165) is 11.6 Å². The number of hydrogen-bond donors (Lipinski definition) is 2. The summed E-state index contributed by atoms with van der Waals surface area (Å²) in [6.07, 6.45) is 2.59. The van der Waals surface area contributed by atoms with E-state index in [4.69, 9.17) is 9.84 Å². The van der Waals surface area contributed by atoms with Crippen LogP contribution in [0.15, 0.2) is 54.6 Å². The maximum Gasteiger partial charge on any atom is 0.328 e. The fraction of sp³-hybridized carbons (Fsp3) is 0.0625. The highest BCUT2D eigenvalue weighted by atomic mass is 16.5. The van der Waals surface area contributed by atoms with E-state index in [0.29, 0.717) is 17.1 Å². The molecular formula is C16H14O4.